The van der Waals surface area contributed by atoms with Crippen molar-refractivity contribution in [3.8, 4) is 0 Å². The zero-order valence-corrected chi connectivity index (χ0v) is 11.8. The summed E-state index contributed by atoms with van der Waals surface area (Å²) >= 11 is 1.96. The smallest absolute Gasteiger partial charge is 0.227 e. The summed E-state index contributed by atoms with van der Waals surface area (Å²) in [5.74, 6) is 1.12. The van der Waals surface area contributed by atoms with Crippen LogP contribution in [0.1, 0.15) is 26.2 Å². The van der Waals surface area contributed by atoms with Crippen LogP contribution in [-0.2, 0) is 4.79 Å². The summed E-state index contributed by atoms with van der Waals surface area (Å²) in [6.07, 6.45) is 5.79. The second-order valence-corrected chi connectivity index (χ2v) is 6.49. The molecule has 0 aromatic rings. The number of nitrogens with one attached hydrogen (secondary N) is 1. The van der Waals surface area contributed by atoms with E-state index in [1.807, 2.05) is 11.8 Å². The molecule has 3 unspecified atom stereocenters. The Morgan fingerprint density at radius 3 is 2.76 bits per heavy atom. The van der Waals surface area contributed by atoms with E-state index in [1.165, 1.54) is 19.3 Å². The van der Waals surface area contributed by atoms with Crippen LogP contribution in [0, 0.1) is 11.8 Å². The molecule has 4 heteroatoms. The third-order valence-corrected chi connectivity index (χ3v) is 5.29. The van der Waals surface area contributed by atoms with Gasteiger partial charge in [0.05, 0.1) is 5.92 Å². The molecule has 2 aliphatic heterocycles. The minimum absolute atomic E-state index is 0.223. The first-order valence-electron chi connectivity index (χ1n) is 6.74. The van der Waals surface area contributed by atoms with Crippen LogP contribution >= 0.6 is 11.8 Å². The first kappa shape index (κ1) is 13.2. The minimum Gasteiger partial charge on any atom is -0.342 e. The Bertz CT molecular complexity index is 272. The molecule has 3 atom stereocenters. The van der Waals surface area contributed by atoms with E-state index < -0.39 is 0 Å². The summed E-state index contributed by atoms with van der Waals surface area (Å²) in [7, 11) is 0. The average molecular weight is 256 g/mol. The van der Waals surface area contributed by atoms with E-state index in [-0.39, 0.29) is 5.92 Å². The van der Waals surface area contributed by atoms with E-state index >= 15 is 0 Å². The van der Waals surface area contributed by atoms with Crippen LogP contribution in [0.25, 0.3) is 0 Å². The van der Waals surface area contributed by atoms with E-state index in [0.29, 0.717) is 11.8 Å². The first-order valence-corrected chi connectivity index (χ1v) is 8.03. The SMILES string of the molecule is CSC1CCCN(C(=O)C2CNCC2C)CC1. The molecule has 3 nitrogen and oxygen atoms in total. The monoisotopic (exact) mass is 256 g/mol. The zero-order chi connectivity index (χ0) is 12.3. The molecule has 0 aromatic carbocycles. The van der Waals surface area contributed by atoms with E-state index in [2.05, 4.69) is 23.4 Å². The average Bonchev–Trinajstić information content (AvgIpc) is 2.64. The highest BCUT2D eigenvalue weighted by Crippen LogP contribution is 2.24. The van der Waals surface area contributed by atoms with Crippen molar-refractivity contribution in [2.24, 2.45) is 11.8 Å². The molecule has 0 radical (unpaired) electrons. The molecule has 0 spiro atoms. The molecule has 0 saturated carbocycles. The van der Waals surface area contributed by atoms with Crippen LogP contribution in [0.3, 0.4) is 0 Å². The van der Waals surface area contributed by atoms with Crippen LogP contribution < -0.4 is 5.32 Å². The molecule has 2 heterocycles. The maximum Gasteiger partial charge on any atom is 0.227 e. The standard InChI is InChI=1S/C13H24N2OS/c1-10-8-14-9-12(10)13(16)15-6-3-4-11(17-2)5-7-15/h10-12,14H,3-9H2,1-2H3. The largest absolute Gasteiger partial charge is 0.342 e. The van der Waals surface area contributed by atoms with E-state index in [0.717, 1.165) is 31.4 Å². The molecule has 0 aliphatic carbocycles. The second kappa shape index (κ2) is 6.10. The topological polar surface area (TPSA) is 32.3 Å². The van der Waals surface area contributed by atoms with Gasteiger partial charge in [0.25, 0.3) is 0 Å². The van der Waals surface area contributed by atoms with Gasteiger partial charge in [-0.3, -0.25) is 4.79 Å². The van der Waals surface area contributed by atoms with Crippen molar-refractivity contribution in [2.75, 3.05) is 32.4 Å². The number of thioether (sulfide) groups is 1. The van der Waals surface area contributed by atoms with Crippen LogP contribution in [0.5, 0.6) is 0 Å². The van der Waals surface area contributed by atoms with Gasteiger partial charge in [-0.05, 0) is 38.0 Å². The number of amides is 1. The number of hydrogen-bond acceptors (Lipinski definition) is 3. The summed E-state index contributed by atoms with van der Waals surface area (Å²) < 4.78 is 0. The number of nitrogens with zero attached hydrogens (tertiary/aromatic N) is 1. The normalized spacial score (nSPS) is 34.7. The maximum absolute atomic E-state index is 12.4. The summed E-state index contributed by atoms with van der Waals surface area (Å²) in [5, 5.41) is 4.08. The van der Waals surface area contributed by atoms with Gasteiger partial charge in [0.1, 0.15) is 0 Å². The fourth-order valence-electron chi connectivity index (χ4n) is 2.90. The van der Waals surface area contributed by atoms with Gasteiger partial charge < -0.3 is 10.2 Å². The fraction of sp³-hybridized carbons (Fsp3) is 0.923. The van der Waals surface area contributed by atoms with Gasteiger partial charge in [-0.1, -0.05) is 6.92 Å². The number of carbonyl (C=O) groups is 1. The predicted octanol–water partition coefficient (Wildman–Crippen LogP) is 1.59. The van der Waals surface area contributed by atoms with Crippen molar-refractivity contribution >= 4 is 17.7 Å². The number of rotatable bonds is 2. The molecule has 0 bridgehead atoms. The molecule has 2 rings (SSSR count). The molecular formula is C13H24N2OS. The van der Waals surface area contributed by atoms with Crippen LogP contribution in [0.2, 0.25) is 0 Å². The highest BCUT2D eigenvalue weighted by atomic mass is 32.2. The Kier molecular flexibility index (Phi) is 4.74. The lowest BCUT2D eigenvalue weighted by atomic mass is 9.96. The molecule has 2 aliphatic rings. The van der Waals surface area contributed by atoms with Gasteiger partial charge in [0.15, 0.2) is 0 Å². The van der Waals surface area contributed by atoms with Gasteiger partial charge in [-0.15, -0.1) is 0 Å². The van der Waals surface area contributed by atoms with Gasteiger partial charge in [0.2, 0.25) is 5.91 Å². The molecule has 2 fully saturated rings. The van der Waals surface area contributed by atoms with Gasteiger partial charge >= 0.3 is 0 Å². The van der Waals surface area contributed by atoms with Crippen molar-refractivity contribution in [3.05, 3.63) is 0 Å². The highest BCUT2D eigenvalue weighted by molar-refractivity contribution is 7.99. The Morgan fingerprint density at radius 2 is 2.12 bits per heavy atom. The van der Waals surface area contributed by atoms with Crippen LogP contribution in [-0.4, -0.2) is 48.5 Å². The molecule has 1 amide bonds. The maximum atomic E-state index is 12.4. The van der Waals surface area contributed by atoms with Gasteiger partial charge in [-0.2, -0.15) is 11.8 Å². The van der Waals surface area contributed by atoms with Crippen LogP contribution in [0.15, 0.2) is 0 Å². The zero-order valence-electron chi connectivity index (χ0n) is 10.9. The second-order valence-electron chi connectivity index (χ2n) is 5.36. The van der Waals surface area contributed by atoms with Crippen molar-refractivity contribution in [2.45, 2.75) is 31.4 Å². The Morgan fingerprint density at radius 1 is 1.29 bits per heavy atom. The third-order valence-electron chi connectivity index (χ3n) is 4.15. The predicted molar refractivity (Wildman–Crippen MR) is 73.3 cm³/mol. The van der Waals surface area contributed by atoms with Gasteiger partial charge in [0, 0.05) is 24.9 Å². The molecule has 2 saturated heterocycles. The van der Waals surface area contributed by atoms with Crippen molar-refractivity contribution in [1.29, 1.82) is 0 Å². The van der Waals surface area contributed by atoms with Gasteiger partial charge in [-0.25, -0.2) is 0 Å². The molecule has 17 heavy (non-hydrogen) atoms. The third kappa shape index (κ3) is 3.16. The lowest BCUT2D eigenvalue weighted by Gasteiger charge is -2.25. The van der Waals surface area contributed by atoms with E-state index in [9.17, 15) is 4.79 Å². The molecule has 98 valence electrons. The lowest BCUT2D eigenvalue weighted by molar-refractivity contribution is -0.135. The summed E-state index contributed by atoms with van der Waals surface area (Å²) in [4.78, 5) is 14.6. The van der Waals surface area contributed by atoms with Crippen molar-refractivity contribution in [1.82, 2.24) is 10.2 Å². The fourth-order valence-corrected chi connectivity index (χ4v) is 3.64. The number of hydrogen-bond donors (Lipinski definition) is 1. The van der Waals surface area contributed by atoms with Crippen molar-refractivity contribution in [3.63, 3.8) is 0 Å². The minimum atomic E-state index is 0.223. The van der Waals surface area contributed by atoms with Crippen molar-refractivity contribution < 1.29 is 4.79 Å². The highest BCUT2D eigenvalue weighted by Gasteiger charge is 2.33. The number of carbonyl (C=O) groups excluding carboxylic acids is 1. The Hall–Kier alpha value is -0.220. The summed E-state index contributed by atoms with van der Waals surface area (Å²) in [6.45, 7) is 6.00. The van der Waals surface area contributed by atoms with E-state index in [4.69, 9.17) is 0 Å². The number of likely N-dealkylation sites (tertiary alicyclic amines) is 1. The molecular weight excluding hydrogens is 232 g/mol. The molecule has 0 aromatic heterocycles. The quantitative estimate of drug-likeness (QED) is 0.814. The lowest BCUT2D eigenvalue weighted by Crippen LogP contribution is -2.39. The Labute approximate surface area is 109 Å². The summed E-state index contributed by atoms with van der Waals surface area (Å²) in [6, 6.07) is 0. The van der Waals surface area contributed by atoms with E-state index in [1.54, 1.807) is 0 Å². The summed E-state index contributed by atoms with van der Waals surface area (Å²) in [5.41, 5.74) is 0. The molecule has 1 N–H and O–H groups in total. The van der Waals surface area contributed by atoms with Crippen LogP contribution in [0.4, 0.5) is 0 Å². The first-order chi connectivity index (χ1) is 8.22. The Balaban J connectivity index is 1.90.